The Kier molecular flexibility index (Phi) is 9.06. The van der Waals surface area contributed by atoms with Gasteiger partial charge in [-0.1, -0.05) is 43.3 Å². The van der Waals surface area contributed by atoms with E-state index in [0.717, 1.165) is 29.1 Å². The molecular weight excluding hydrogens is 414 g/mol. The van der Waals surface area contributed by atoms with Crippen LogP contribution in [0.15, 0.2) is 60.7 Å². The van der Waals surface area contributed by atoms with Gasteiger partial charge in [0, 0.05) is 19.1 Å². The highest BCUT2D eigenvalue weighted by Crippen LogP contribution is 2.32. The molecule has 0 bridgehead atoms. The van der Waals surface area contributed by atoms with E-state index in [0.29, 0.717) is 25.6 Å². The highest BCUT2D eigenvalue weighted by molar-refractivity contribution is 5.43. The van der Waals surface area contributed by atoms with Gasteiger partial charge in [-0.3, -0.25) is 4.90 Å². The highest BCUT2D eigenvalue weighted by atomic mass is 16.5. The molecule has 6 heteroatoms. The Morgan fingerprint density at radius 1 is 0.970 bits per heavy atom. The van der Waals surface area contributed by atoms with E-state index in [4.69, 9.17) is 14.6 Å². The minimum atomic E-state index is -0.567. The van der Waals surface area contributed by atoms with Crippen LogP contribution in [0.1, 0.15) is 45.9 Å². The number of para-hydroxylation sites is 2. The van der Waals surface area contributed by atoms with Gasteiger partial charge in [0.05, 0.1) is 35.8 Å². The van der Waals surface area contributed by atoms with Gasteiger partial charge >= 0.3 is 0 Å². The molecule has 33 heavy (non-hydrogen) atoms. The molecule has 0 spiro atoms. The maximum atomic E-state index is 10.6. The third-order valence-corrected chi connectivity index (χ3v) is 5.47. The van der Waals surface area contributed by atoms with Gasteiger partial charge in [0.25, 0.3) is 0 Å². The molecule has 1 N–H and O–H groups in total. The Morgan fingerprint density at radius 3 is 2.18 bits per heavy atom. The molecule has 178 valence electrons. The van der Waals surface area contributed by atoms with Crippen LogP contribution < -0.4 is 4.74 Å². The molecule has 0 aliphatic carbocycles. The fraction of sp³-hybridized carbons (Fsp3) is 0.444. The number of aliphatic hydroxyl groups is 1. The summed E-state index contributed by atoms with van der Waals surface area (Å²) < 4.78 is 13.9. The molecular formula is C27H37N3O3. The summed E-state index contributed by atoms with van der Waals surface area (Å²) in [6.07, 6.45) is 0.307. The fourth-order valence-electron chi connectivity index (χ4n) is 3.66. The van der Waals surface area contributed by atoms with E-state index < -0.39 is 6.10 Å². The molecule has 3 aromatic rings. The molecule has 0 unspecified atom stereocenters. The largest absolute Gasteiger partial charge is 0.439 e. The highest BCUT2D eigenvalue weighted by Gasteiger charge is 2.25. The first-order chi connectivity index (χ1) is 15.9. The zero-order chi connectivity index (χ0) is 23.8. The lowest BCUT2D eigenvalue weighted by Crippen LogP contribution is -2.39. The Balaban J connectivity index is 1.97. The first-order valence-electron chi connectivity index (χ1n) is 11.8. The average Bonchev–Trinajstić information content (AvgIpc) is 3.15. The Hall–Kier alpha value is -2.67. The number of rotatable bonds is 12. The first kappa shape index (κ1) is 25.0. The van der Waals surface area contributed by atoms with E-state index in [1.807, 2.05) is 79.2 Å². The summed E-state index contributed by atoms with van der Waals surface area (Å²) in [5, 5.41) is 15.5. The Bertz CT molecular complexity index is 971. The number of hydrogen-bond donors (Lipinski definition) is 1. The molecule has 1 heterocycles. The summed E-state index contributed by atoms with van der Waals surface area (Å²) in [5.74, 6) is 1.47. The fourth-order valence-corrected chi connectivity index (χ4v) is 3.66. The zero-order valence-corrected chi connectivity index (χ0v) is 20.4. The first-order valence-corrected chi connectivity index (χ1v) is 11.8. The quantitative estimate of drug-likeness (QED) is 0.409. The van der Waals surface area contributed by atoms with Gasteiger partial charge in [-0.05, 0) is 58.4 Å². The maximum Gasteiger partial charge on any atom is 0.227 e. The number of ether oxygens (including phenoxy) is 2. The van der Waals surface area contributed by atoms with Crippen LogP contribution in [0.4, 0.5) is 0 Å². The zero-order valence-electron chi connectivity index (χ0n) is 20.4. The monoisotopic (exact) mass is 451 g/mol. The van der Waals surface area contributed by atoms with Crippen LogP contribution in [0.5, 0.6) is 11.6 Å². The van der Waals surface area contributed by atoms with Crippen LogP contribution >= 0.6 is 0 Å². The molecule has 0 aliphatic rings. The molecule has 0 saturated heterocycles. The van der Waals surface area contributed by atoms with Crippen LogP contribution in [0, 0.1) is 0 Å². The predicted molar refractivity (Wildman–Crippen MR) is 132 cm³/mol. The van der Waals surface area contributed by atoms with Gasteiger partial charge in [-0.25, -0.2) is 4.68 Å². The van der Waals surface area contributed by atoms with Crippen molar-refractivity contribution in [2.45, 2.75) is 65.8 Å². The molecule has 1 atom stereocenters. The van der Waals surface area contributed by atoms with Crippen molar-refractivity contribution >= 4 is 0 Å². The van der Waals surface area contributed by atoms with Gasteiger partial charge in [0.1, 0.15) is 5.75 Å². The minimum absolute atomic E-state index is 0.0915. The van der Waals surface area contributed by atoms with Crippen LogP contribution in [0.3, 0.4) is 0 Å². The second-order valence-electron chi connectivity index (χ2n) is 8.81. The smallest absolute Gasteiger partial charge is 0.227 e. The second kappa shape index (κ2) is 12.0. The van der Waals surface area contributed by atoms with E-state index in [2.05, 4.69) is 25.7 Å². The summed E-state index contributed by atoms with van der Waals surface area (Å²) in [4.78, 5) is 2.25. The summed E-state index contributed by atoms with van der Waals surface area (Å²) >= 11 is 0. The van der Waals surface area contributed by atoms with E-state index in [9.17, 15) is 5.11 Å². The molecule has 0 amide bonds. The van der Waals surface area contributed by atoms with E-state index in [-0.39, 0.29) is 12.1 Å². The van der Waals surface area contributed by atoms with Gasteiger partial charge in [0.2, 0.25) is 5.88 Å². The van der Waals surface area contributed by atoms with Crippen molar-refractivity contribution in [3.05, 3.63) is 71.9 Å². The summed E-state index contributed by atoms with van der Waals surface area (Å²) in [6, 6.07) is 20.1. The summed E-state index contributed by atoms with van der Waals surface area (Å²) in [5.41, 5.74) is 2.98. The standard InChI is InChI=1S/C27H37N3O3/c1-6-26-25(18-29(20(2)3)17-23(31)19-32-21(4)5)27(33-24-15-11-8-12-16-24)30(28-26)22-13-9-7-10-14-22/h7-16,20-21,23,31H,6,17-19H2,1-5H3/t23-/m1/s1. The normalized spacial score (nSPS) is 12.6. The van der Waals surface area contributed by atoms with Crippen molar-refractivity contribution < 1.29 is 14.6 Å². The lowest BCUT2D eigenvalue weighted by Gasteiger charge is -2.29. The average molecular weight is 452 g/mol. The lowest BCUT2D eigenvalue weighted by atomic mass is 10.1. The van der Waals surface area contributed by atoms with E-state index >= 15 is 0 Å². The summed E-state index contributed by atoms with van der Waals surface area (Å²) in [7, 11) is 0. The molecule has 0 fully saturated rings. The van der Waals surface area contributed by atoms with Crippen molar-refractivity contribution in [1.29, 1.82) is 0 Å². The SMILES string of the molecule is CCc1nn(-c2ccccc2)c(Oc2ccccc2)c1CN(C[C@@H](O)COC(C)C)C(C)C. The maximum absolute atomic E-state index is 10.6. The van der Waals surface area contributed by atoms with Crippen molar-refractivity contribution in [3.8, 4) is 17.3 Å². The van der Waals surface area contributed by atoms with Gasteiger partial charge in [0.15, 0.2) is 0 Å². The topological polar surface area (TPSA) is 59.8 Å². The number of aryl methyl sites for hydroxylation is 1. The van der Waals surface area contributed by atoms with Crippen LogP contribution in [-0.4, -0.2) is 51.2 Å². The minimum Gasteiger partial charge on any atom is -0.439 e. The van der Waals surface area contributed by atoms with Gasteiger partial charge < -0.3 is 14.6 Å². The Labute approximate surface area is 197 Å². The molecule has 3 rings (SSSR count). The number of aromatic nitrogens is 2. The number of benzene rings is 2. The third-order valence-electron chi connectivity index (χ3n) is 5.47. The van der Waals surface area contributed by atoms with Crippen LogP contribution in [0.25, 0.3) is 5.69 Å². The molecule has 0 radical (unpaired) electrons. The number of aliphatic hydroxyl groups excluding tert-OH is 1. The van der Waals surface area contributed by atoms with Crippen molar-refractivity contribution in [3.63, 3.8) is 0 Å². The predicted octanol–water partition coefficient (Wildman–Crippen LogP) is 5.22. The summed E-state index contributed by atoms with van der Waals surface area (Å²) in [6.45, 7) is 11.8. The van der Waals surface area contributed by atoms with Gasteiger partial charge in [-0.15, -0.1) is 0 Å². The van der Waals surface area contributed by atoms with Crippen molar-refractivity contribution in [1.82, 2.24) is 14.7 Å². The van der Waals surface area contributed by atoms with Crippen LogP contribution in [-0.2, 0) is 17.7 Å². The second-order valence-corrected chi connectivity index (χ2v) is 8.81. The molecule has 1 aromatic heterocycles. The number of hydrogen-bond acceptors (Lipinski definition) is 5. The van der Waals surface area contributed by atoms with E-state index in [1.165, 1.54) is 0 Å². The van der Waals surface area contributed by atoms with E-state index in [1.54, 1.807) is 0 Å². The Morgan fingerprint density at radius 2 is 1.61 bits per heavy atom. The van der Waals surface area contributed by atoms with Gasteiger partial charge in [-0.2, -0.15) is 5.10 Å². The molecule has 0 aliphatic heterocycles. The van der Waals surface area contributed by atoms with Crippen molar-refractivity contribution in [2.75, 3.05) is 13.2 Å². The lowest BCUT2D eigenvalue weighted by molar-refractivity contribution is -0.0137. The third kappa shape index (κ3) is 6.90. The molecule has 6 nitrogen and oxygen atoms in total. The molecule has 0 saturated carbocycles. The molecule has 2 aromatic carbocycles. The number of nitrogens with zero attached hydrogens (tertiary/aromatic N) is 3. The van der Waals surface area contributed by atoms with Crippen LogP contribution in [0.2, 0.25) is 0 Å². The van der Waals surface area contributed by atoms with Crippen molar-refractivity contribution in [2.24, 2.45) is 0 Å².